The molecule has 37 heavy (non-hydrogen) atoms. The first-order chi connectivity index (χ1) is 17.7. The van der Waals surface area contributed by atoms with Gasteiger partial charge >= 0.3 is 6.36 Å². The Balaban J connectivity index is 1.24. The van der Waals surface area contributed by atoms with Gasteiger partial charge in [0.1, 0.15) is 0 Å². The van der Waals surface area contributed by atoms with E-state index < -0.39 is 17.9 Å². The van der Waals surface area contributed by atoms with Gasteiger partial charge < -0.3 is 4.74 Å². The summed E-state index contributed by atoms with van der Waals surface area (Å²) < 4.78 is 55.0. The van der Waals surface area contributed by atoms with E-state index in [1.165, 1.54) is 88.7 Å². The molecule has 0 bridgehead atoms. The lowest BCUT2D eigenvalue weighted by molar-refractivity contribution is -0.275. The van der Waals surface area contributed by atoms with Crippen molar-refractivity contribution in [2.24, 2.45) is 23.7 Å². The fourth-order valence-corrected chi connectivity index (χ4v) is 6.82. The summed E-state index contributed by atoms with van der Waals surface area (Å²) in [5.74, 6) is 2.29. The molecule has 5 heteroatoms. The number of rotatable bonds is 9. The number of hydrogen-bond donors (Lipinski definition) is 0. The molecule has 2 aliphatic carbocycles. The SMILES string of the molecule is CCCCC1CCC(C(C)CC2CCC(c3ccc(-c4ccc(OC(F)(F)F)c(F)c4)cc3)CC2)CC1. The van der Waals surface area contributed by atoms with Crippen molar-refractivity contribution in [3.05, 3.63) is 53.8 Å². The van der Waals surface area contributed by atoms with Crippen molar-refractivity contribution in [3.8, 4) is 16.9 Å². The normalized spacial score (nSPS) is 25.6. The quantitative estimate of drug-likeness (QED) is 0.300. The van der Waals surface area contributed by atoms with Crippen molar-refractivity contribution in [1.29, 1.82) is 0 Å². The van der Waals surface area contributed by atoms with E-state index in [0.717, 1.165) is 41.4 Å². The molecule has 1 atom stereocenters. The molecule has 2 fully saturated rings. The van der Waals surface area contributed by atoms with Crippen molar-refractivity contribution >= 4 is 0 Å². The predicted molar refractivity (Wildman–Crippen MR) is 142 cm³/mol. The van der Waals surface area contributed by atoms with E-state index in [0.29, 0.717) is 11.5 Å². The number of benzene rings is 2. The molecule has 0 aromatic heterocycles. The molecule has 0 heterocycles. The fourth-order valence-electron chi connectivity index (χ4n) is 6.82. The molecule has 2 aromatic rings. The Morgan fingerprint density at radius 1 is 0.838 bits per heavy atom. The minimum absolute atomic E-state index is 0.538. The molecule has 0 spiro atoms. The second-order valence-corrected chi connectivity index (χ2v) is 11.7. The van der Waals surface area contributed by atoms with Gasteiger partial charge in [-0.15, -0.1) is 13.2 Å². The van der Waals surface area contributed by atoms with Crippen molar-refractivity contribution in [1.82, 2.24) is 0 Å². The molecular formula is C32H42F4O. The second kappa shape index (κ2) is 12.7. The molecule has 2 aliphatic rings. The van der Waals surface area contributed by atoms with Gasteiger partial charge in [-0.25, -0.2) is 4.39 Å². The predicted octanol–water partition coefficient (Wildman–Crippen LogP) is 10.7. The third kappa shape index (κ3) is 7.97. The summed E-state index contributed by atoms with van der Waals surface area (Å²) in [5.41, 5.74) is 2.63. The molecule has 0 aliphatic heterocycles. The van der Waals surface area contributed by atoms with E-state index in [-0.39, 0.29) is 0 Å². The molecule has 0 radical (unpaired) electrons. The van der Waals surface area contributed by atoms with Crippen LogP contribution in [0.15, 0.2) is 42.5 Å². The Morgan fingerprint density at radius 3 is 2.05 bits per heavy atom. The fraction of sp³-hybridized carbons (Fsp3) is 0.625. The number of hydrogen-bond acceptors (Lipinski definition) is 1. The van der Waals surface area contributed by atoms with Crippen LogP contribution < -0.4 is 4.74 Å². The topological polar surface area (TPSA) is 9.23 Å². The first-order valence-corrected chi connectivity index (χ1v) is 14.4. The van der Waals surface area contributed by atoms with Crippen molar-refractivity contribution in [2.45, 2.75) is 103 Å². The Hall–Kier alpha value is -2.04. The Kier molecular flexibility index (Phi) is 9.58. The molecule has 4 rings (SSSR count). The largest absolute Gasteiger partial charge is 0.573 e. The smallest absolute Gasteiger partial charge is 0.403 e. The summed E-state index contributed by atoms with van der Waals surface area (Å²) in [4.78, 5) is 0. The molecule has 2 saturated carbocycles. The van der Waals surface area contributed by atoms with Crippen molar-refractivity contribution in [3.63, 3.8) is 0 Å². The molecule has 204 valence electrons. The van der Waals surface area contributed by atoms with Crippen LogP contribution in [0.25, 0.3) is 11.1 Å². The summed E-state index contributed by atoms with van der Waals surface area (Å²) >= 11 is 0. The highest BCUT2D eigenvalue weighted by Gasteiger charge is 2.32. The van der Waals surface area contributed by atoms with E-state index in [9.17, 15) is 17.6 Å². The average Bonchev–Trinajstić information content (AvgIpc) is 2.89. The first kappa shape index (κ1) is 28.0. The molecule has 2 aromatic carbocycles. The van der Waals surface area contributed by atoms with Gasteiger partial charge in [-0.05, 0) is 103 Å². The minimum Gasteiger partial charge on any atom is -0.403 e. The highest BCUT2D eigenvalue weighted by Crippen LogP contribution is 2.42. The first-order valence-electron chi connectivity index (χ1n) is 14.4. The van der Waals surface area contributed by atoms with Crippen LogP contribution in [-0.4, -0.2) is 6.36 Å². The van der Waals surface area contributed by atoms with E-state index in [2.05, 4.69) is 30.7 Å². The standard InChI is InChI=1S/C32H42F4O/c1-3-4-5-23-6-10-25(11-7-23)22(2)20-24-8-12-26(13-9-24)27-14-16-28(17-15-27)29-18-19-31(30(33)21-29)37-32(34,35)36/h14-19,21-26H,3-13,20H2,1-2H3. The maximum atomic E-state index is 14.1. The summed E-state index contributed by atoms with van der Waals surface area (Å²) in [6.45, 7) is 4.79. The van der Waals surface area contributed by atoms with Gasteiger partial charge in [0, 0.05) is 0 Å². The van der Waals surface area contributed by atoms with Gasteiger partial charge in [0.2, 0.25) is 0 Å². The molecule has 1 unspecified atom stereocenters. The van der Waals surface area contributed by atoms with Gasteiger partial charge in [-0.1, -0.05) is 76.3 Å². The third-order valence-corrected chi connectivity index (χ3v) is 9.09. The Labute approximate surface area is 220 Å². The van der Waals surface area contributed by atoms with Gasteiger partial charge in [-0.3, -0.25) is 0 Å². The highest BCUT2D eigenvalue weighted by atomic mass is 19.4. The van der Waals surface area contributed by atoms with Gasteiger partial charge in [0.25, 0.3) is 0 Å². The summed E-state index contributed by atoms with van der Waals surface area (Å²) in [6.07, 6.45) is 11.3. The van der Waals surface area contributed by atoms with Crippen LogP contribution in [0.3, 0.4) is 0 Å². The van der Waals surface area contributed by atoms with Crippen molar-refractivity contribution < 1.29 is 22.3 Å². The third-order valence-electron chi connectivity index (χ3n) is 9.09. The van der Waals surface area contributed by atoms with E-state index in [1.54, 1.807) is 0 Å². The van der Waals surface area contributed by atoms with Gasteiger partial charge in [-0.2, -0.15) is 0 Å². The van der Waals surface area contributed by atoms with Crippen LogP contribution in [0.5, 0.6) is 5.75 Å². The second-order valence-electron chi connectivity index (χ2n) is 11.7. The monoisotopic (exact) mass is 518 g/mol. The summed E-state index contributed by atoms with van der Waals surface area (Å²) in [6, 6.07) is 11.7. The Bertz CT molecular complexity index is 967. The minimum atomic E-state index is -4.91. The van der Waals surface area contributed by atoms with Crippen LogP contribution in [0, 0.1) is 29.5 Å². The number of alkyl halides is 3. The number of halogens is 4. The molecule has 0 amide bonds. The van der Waals surface area contributed by atoms with E-state index >= 15 is 0 Å². The zero-order valence-corrected chi connectivity index (χ0v) is 22.3. The maximum Gasteiger partial charge on any atom is 0.573 e. The van der Waals surface area contributed by atoms with Crippen LogP contribution in [-0.2, 0) is 0 Å². The summed E-state index contributed by atoms with van der Waals surface area (Å²) in [7, 11) is 0. The lowest BCUT2D eigenvalue weighted by atomic mass is 9.70. The highest BCUT2D eigenvalue weighted by molar-refractivity contribution is 5.64. The molecule has 0 N–H and O–H groups in total. The number of ether oxygens (including phenoxy) is 1. The van der Waals surface area contributed by atoms with E-state index in [1.807, 2.05) is 12.1 Å². The van der Waals surface area contributed by atoms with Crippen LogP contribution in [0.2, 0.25) is 0 Å². The lowest BCUT2D eigenvalue weighted by Gasteiger charge is -2.36. The maximum absolute atomic E-state index is 14.1. The van der Waals surface area contributed by atoms with Crippen molar-refractivity contribution in [2.75, 3.05) is 0 Å². The van der Waals surface area contributed by atoms with Crippen LogP contribution in [0.4, 0.5) is 17.6 Å². The van der Waals surface area contributed by atoms with E-state index in [4.69, 9.17) is 0 Å². The van der Waals surface area contributed by atoms with Gasteiger partial charge in [0.05, 0.1) is 0 Å². The van der Waals surface area contributed by atoms with Crippen LogP contribution >= 0.6 is 0 Å². The molecular weight excluding hydrogens is 476 g/mol. The Morgan fingerprint density at radius 2 is 1.46 bits per heavy atom. The molecule has 0 saturated heterocycles. The zero-order chi connectivity index (χ0) is 26.4. The zero-order valence-electron chi connectivity index (χ0n) is 22.3. The summed E-state index contributed by atoms with van der Waals surface area (Å²) in [5, 5.41) is 0. The van der Waals surface area contributed by atoms with Gasteiger partial charge in [0.15, 0.2) is 11.6 Å². The number of unbranched alkanes of at least 4 members (excludes halogenated alkanes) is 1. The van der Waals surface area contributed by atoms with Crippen LogP contribution in [0.1, 0.15) is 102 Å². The average molecular weight is 519 g/mol. The molecule has 1 nitrogen and oxygen atoms in total. The lowest BCUT2D eigenvalue weighted by Crippen LogP contribution is -2.23.